The van der Waals surface area contributed by atoms with Gasteiger partial charge in [0.25, 0.3) is 0 Å². The Balaban J connectivity index is 1.38. The maximum Gasteiger partial charge on any atom is 0.238 e. The number of hydrogen-bond acceptors (Lipinski definition) is 4. The summed E-state index contributed by atoms with van der Waals surface area (Å²) in [6, 6.07) is 52.4. The normalized spacial score (nSPS) is 12.2. The van der Waals surface area contributed by atoms with Crippen LogP contribution in [0.1, 0.15) is 11.1 Å². The number of rotatable bonds is 4. The zero-order valence-electron chi connectivity index (χ0n) is 24.8. The van der Waals surface area contributed by atoms with E-state index >= 15 is 0 Å². The van der Waals surface area contributed by atoms with Crippen LogP contribution in [0.5, 0.6) is 0 Å². The molecule has 1 aliphatic heterocycles. The number of aromatic nitrogens is 4. The molecule has 0 bridgehead atoms. The summed E-state index contributed by atoms with van der Waals surface area (Å²) < 4.78 is 2.19. The second kappa shape index (κ2) is 10.7. The summed E-state index contributed by atoms with van der Waals surface area (Å²) in [6.45, 7) is 0. The van der Waals surface area contributed by atoms with Gasteiger partial charge in [0.15, 0.2) is 11.6 Å². The molecule has 6 aromatic carbocycles. The van der Waals surface area contributed by atoms with Crippen LogP contribution in [0.3, 0.4) is 0 Å². The molecule has 0 spiro atoms. The Hall–Kier alpha value is -6.33. The second-order valence-electron chi connectivity index (χ2n) is 11.3. The summed E-state index contributed by atoms with van der Waals surface area (Å²) >= 11 is 0. The van der Waals surface area contributed by atoms with E-state index in [0.29, 0.717) is 17.6 Å². The van der Waals surface area contributed by atoms with E-state index in [9.17, 15) is 0 Å². The second-order valence-corrected chi connectivity index (χ2v) is 11.3. The van der Waals surface area contributed by atoms with Crippen molar-refractivity contribution in [1.29, 1.82) is 0 Å². The average molecular weight is 590 g/mol. The molecule has 0 atom stereocenters. The highest BCUT2D eigenvalue weighted by Gasteiger charge is 2.26. The third kappa shape index (κ3) is 4.21. The Kier molecular flexibility index (Phi) is 6.06. The lowest BCUT2D eigenvalue weighted by Gasteiger charge is -2.28. The molecule has 2 aromatic heterocycles. The third-order valence-corrected chi connectivity index (χ3v) is 8.59. The average Bonchev–Trinajstić information content (AvgIpc) is 3.37. The predicted molar refractivity (Wildman–Crippen MR) is 189 cm³/mol. The number of hydrogen-bond donors (Lipinski definition) is 0. The molecule has 0 amide bonds. The third-order valence-electron chi connectivity index (χ3n) is 8.59. The van der Waals surface area contributed by atoms with Gasteiger partial charge in [0.2, 0.25) is 5.95 Å². The van der Waals surface area contributed by atoms with Gasteiger partial charge in [-0.05, 0) is 41.5 Å². The van der Waals surface area contributed by atoms with E-state index in [2.05, 4.69) is 113 Å². The van der Waals surface area contributed by atoms with E-state index in [4.69, 9.17) is 15.0 Å². The quantitative estimate of drug-likeness (QED) is 0.205. The van der Waals surface area contributed by atoms with Gasteiger partial charge in [-0.3, -0.25) is 4.57 Å². The van der Waals surface area contributed by atoms with Gasteiger partial charge in [0.05, 0.1) is 22.4 Å². The highest BCUT2D eigenvalue weighted by Crippen LogP contribution is 2.48. The lowest BCUT2D eigenvalue weighted by atomic mass is 10.0. The van der Waals surface area contributed by atoms with Gasteiger partial charge < -0.3 is 4.90 Å². The fraction of sp³-hybridized carbons (Fsp3) is 0. The van der Waals surface area contributed by atoms with Gasteiger partial charge in [0, 0.05) is 27.6 Å². The first kappa shape index (κ1) is 26.1. The van der Waals surface area contributed by atoms with Crippen LogP contribution in [0.4, 0.5) is 17.1 Å². The van der Waals surface area contributed by atoms with Gasteiger partial charge >= 0.3 is 0 Å². The molecule has 46 heavy (non-hydrogen) atoms. The molecule has 0 saturated carbocycles. The minimum absolute atomic E-state index is 0.578. The maximum absolute atomic E-state index is 5.13. The molecular weight excluding hydrogens is 562 g/mol. The molecule has 0 unspecified atom stereocenters. The summed E-state index contributed by atoms with van der Waals surface area (Å²) in [5, 5.41) is 2.27. The van der Waals surface area contributed by atoms with Gasteiger partial charge in [-0.25, -0.2) is 4.98 Å². The van der Waals surface area contributed by atoms with Crippen LogP contribution in [0.2, 0.25) is 0 Å². The van der Waals surface area contributed by atoms with E-state index in [1.807, 2.05) is 60.7 Å². The Morgan fingerprint density at radius 1 is 0.435 bits per heavy atom. The van der Waals surface area contributed by atoms with Crippen LogP contribution in [0, 0.1) is 0 Å². The van der Waals surface area contributed by atoms with Crippen molar-refractivity contribution in [3.05, 3.63) is 163 Å². The molecule has 1 aliphatic rings. The molecule has 5 nitrogen and oxygen atoms in total. The Morgan fingerprint density at radius 3 is 1.74 bits per heavy atom. The highest BCUT2D eigenvalue weighted by molar-refractivity contribution is 6.19. The lowest BCUT2D eigenvalue weighted by Crippen LogP contribution is -2.12. The summed E-state index contributed by atoms with van der Waals surface area (Å²) in [6.07, 6.45) is 4.44. The molecule has 0 N–H and O–H groups in total. The molecule has 0 fully saturated rings. The monoisotopic (exact) mass is 589 g/mol. The van der Waals surface area contributed by atoms with Crippen LogP contribution in [-0.4, -0.2) is 19.5 Å². The van der Waals surface area contributed by atoms with Crippen molar-refractivity contribution in [2.45, 2.75) is 0 Å². The van der Waals surface area contributed by atoms with Crippen LogP contribution >= 0.6 is 0 Å². The van der Waals surface area contributed by atoms with Crippen molar-refractivity contribution in [3.63, 3.8) is 0 Å². The first-order valence-electron chi connectivity index (χ1n) is 15.4. The number of benzene rings is 6. The molecular formula is C41H27N5. The first-order valence-corrected chi connectivity index (χ1v) is 15.4. The number of nitrogens with zero attached hydrogens (tertiary/aromatic N) is 5. The van der Waals surface area contributed by atoms with Gasteiger partial charge in [-0.1, -0.05) is 133 Å². The molecule has 3 heterocycles. The van der Waals surface area contributed by atoms with Crippen molar-refractivity contribution in [3.8, 4) is 28.7 Å². The van der Waals surface area contributed by atoms with Crippen molar-refractivity contribution in [2.75, 3.05) is 4.90 Å². The summed E-state index contributed by atoms with van der Waals surface area (Å²) in [5.74, 6) is 1.84. The molecule has 8 aromatic rings. The van der Waals surface area contributed by atoms with Crippen molar-refractivity contribution in [1.82, 2.24) is 19.5 Å². The van der Waals surface area contributed by atoms with E-state index in [0.717, 1.165) is 61.1 Å². The molecule has 216 valence electrons. The predicted octanol–water partition coefficient (Wildman–Crippen LogP) is 10.3. The summed E-state index contributed by atoms with van der Waals surface area (Å²) in [5.41, 5.74) is 9.60. The standard InChI is InChI=1S/C41H27N5/c1-4-15-30(16-5-1)39-42-40(31-17-6-2-7-18-31)44-41(43-39)46-35-23-13-11-21-33(35)37-36(46)27-26-29-25-24-28-14-10-12-22-34(28)45(38(29)37)32-19-8-3-9-20-32/h1-27H. The molecule has 9 rings (SSSR count). The molecule has 0 radical (unpaired) electrons. The highest BCUT2D eigenvalue weighted by atomic mass is 15.2. The topological polar surface area (TPSA) is 46.8 Å². The van der Waals surface area contributed by atoms with Gasteiger partial charge in [0.1, 0.15) is 0 Å². The number of fused-ring (bicyclic) bond motifs is 6. The summed E-state index contributed by atoms with van der Waals surface area (Å²) in [7, 11) is 0. The Labute approximate surface area is 266 Å². The van der Waals surface area contributed by atoms with Crippen LogP contribution in [-0.2, 0) is 0 Å². The van der Waals surface area contributed by atoms with Crippen LogP contribution < -0.4 is 4.90 Å². The SMILES string of the molecule is C1=Cc2ccc3c(c2N(c2ccccc2)c2ccccc21)c1ccccc1n3-c1nc(-c2ccccc2)nc(-c2ccccc2)n1. The zero-order chi connectivity index (χ0) is 30.5. The number of para-hydroxylation sites is 3. The minimum Gasteiger partial charge on any atom is -0.309 e. The smallest absolute Gasteiger partial charge is 0.238 e. The van der Waals surface area contributed by atoms with E-state index < -0.39 is 0 Å². The zero-order valence-corrected chi connectivity index (χ0v) is 24.8. The van der Waals surface area contributed by atoms with Crippen LogP contribution in [0.25, 0.3) is 62.7 Å². The molecule has 0 aliphatic carbocycles. The minimum atomic E-state index is 0.578. The van der Waals surface area contributed by atoms with E-state index in [1.165, 1.54) is 0 Å². The van der Waals surface area contributed by atoms with Gasteiger partial charge in [-0.15, -0.1) is 0 Å². The van der Waals surface area contributed by atoms with Crippen molar-refractivity contribution in [2.24, 2.45) is 0 Å². The fourth-order valence-corrected chi connectivity index (χ4v) is 6.52. The van der Waals surface area contributed by atoms with Gasteiger partial charge in [-0.2, -0.15) is 9.97 Å². The largest absolute Gasteiger partial charge is 0.309 e. The molecule has 0 saturated heterocycles. The Morgan fingerprint density at radius 2 is 1.02 bits per heavy atom. The fourth-order valence-electron chi connectivity index (χ4n) is 6.52. The molecule has 5 heteroatoms. The van der Waals surface area contributed by atoms with Crippen LogP contribution in [0.15, 0.2) is 152 Å². The maximum atomic E-state index is 5.13. The van der Waals surface area contributed by atoms with E-state index in [-0.39, 0.29) is 0 Å². The summed E-state index contributed by atoms with van der Waals surface area (Å²) in [4.78, 5) is 17.6. The first-order chi connectivity index (χ1) is 22.8. The Bertz CT molecular complexity index is 2350. The number of anilines is 3. The van der Waals surface area contributed by atoms with E-state index in [1.54, 1.807) is 0 Å². The lowest BCUT2D eigenvalue weighted by molar-refractivity contribution is 0.953. The van der Waals surface area contributed by atoms with Crippen molar-refractivity contribution < 1.29 is 0 Å². The van der Waals surface area contributed by atoms with Crippen molar-refractivity contribution >= 4 is 51.0 Å².